The second kappa shape index (κ2) is 11.9. The Morgan fingerprint density at radius 3 is 2.15 bits per heavy atom. The van der Waals surface area contributed by atoms with Gasteiger partial charge in [-0.25, -0.2) is 9.48 Å². The fourth-order valence-corrected chi connectivity index (χ4v) is 5.90. The summed E-state index contributed by atoms with van der Waals surface area (Å²) in [6.45, 7) is 11.5. The largest absolute Gasteiger partial charge is 0.444 e. The molecule has 0 radical (unpaired) electrons. The molecule has 41 heavy (non-hydrogen) atoms. The number of benzene rings is 2. The second-order valence-corrected chi connectivity index (χ2v) is 12.7. The number of piperidine rings is 1. The molecule has 1 aromatic heterocycles. The Labute approximate surface area is 251 Å². The number of likely N-dealkylation sites (tertiary alicyclic amines) is 1. The van der Waals surface area contributed by atoms with Crippen LogP contribution in [0.4, 0.5) is 10.5 Å². The molecule has 8 nitrogen and oxygen atoms in total. The highest BCUT2D eigenvalue weighted by molar-refractivity contribution is 6.31. The molecule has 0 N–H and O–H groups in total. The molecule has 3 aromatic rings. The number of carbonyl (C=O) groups excluding carboxylic acids is 2. The standard InChI is InChI=1S/C31H37Cl2N5O3/c1-21-5-6-24(33)19-27(21)35-15-17-36(18-16-35)29(39)26-20-34-38(25-9-7-23(32)8-10-25)28(26)22-11-13-37(14-12-22)30(40)41-31(2,3)4/h5-10,19-20,22H,11-18H2,1-4H3. The monoisotopic (exact) mass is 597 g/mol. The van der Waals surface area contributed by atoms with Crippen LogP contribution in [0.5, 0.6) is 0 Å². The van der Waals surface area contributed by atoms with Gasteiger partial charge in [-0.2, -0.15) is 5.10 Å². The number of amides is 2. The molecule has 2 aliphatic heterocycles. The predicted octanol–water partition coefficient (Wildman–Crippen LogP) is 6.56. The first kappa shape index (κ1) is 29.3. The van der Waals surface area contributed by atoms with Crippen LogP contribution in [0.25, 0.3) is 5.69 Å². The average molecular weight is 599 g/mol. The molecule has 2 amide bonds. The van der Waals surface area contributed by atoms with E-state index in [2.05, 4.69) is 16.9 Å². The summed E-state index contributed by atoms with van der Waals surface area (Å²) in [5.41, 5.74) is 4.07. The van der Waals surface area contributed by atoms with E-state index in [9.17, 15) is 9.59 Å². The SMILES string of the molecule is Cc1ccc(Cl)cc1N1CCN(C(=O)c2cnn(-c3ccc(Cl)cc3)c2C2CCN(C(=O)OC(C)(C)C)CC2)CC1. The summed E-state index contributed by atoms with van der Waals surface area (Å²) in [6, 6.07) is 13.4. The average Bonchev–Trinajstić information content (AvgIpc) is 3.39. The van der Waals surface area contributed by atoms with E-state index in [0.29, 0.717) is 54.6 Å². The van der Waals surface area contributed by atoms with Crippen molar-refractivity contribution >= 4 is 40.9 Å². The normalized spacial score (nSPS) is 16.7. The molecular formula is C31H37Cl2N5O3. The van der Waals surface area contributed by atoms with Crippen LogP contribution in [-0.4, -0.2) is 76.5 Å². The van der Waals surface area contributed by atoms with E-state index in [1.165, 1.54) is 5.56 Å². The Hall–Kier alpha value is -3.23. The van der Waals surface area contributed by atoms with Crippen molar-refractivity contribution in [1.82, 2.24) is 19.6 Å². The van der Waals surface area contributed by atoms with Crippen molar-refractivity contribution in [3.63, 3.8) is 0 Å². The zero-order valence-electron chi connectivity index (χ0n) is 24.1. The summed E-state index contributed by atoms with van der Waals surface area (Å²) in [5, 5.41) is 6.04. The number of hydrogen-bond donors (Lipinski definition) is 0. The van der Waals surface area contributed by atoms with E-state index in [0.717, 1.165) is 30.2 Å². The first-order chi connectivity index (χ1) is 19.5. The third kappa shape index (κ3) is 6.65. The third-order valence-corrected chi connectivity index (χ3v) is 8.21. The van der Waals surface area contributed by atoms with Gasteiger partial charge in [-0.05, 0) is 82.5 Å². The lowest BCUT2D eigenvalue weighted by molar-refractivity contribution is 0.0203. The van der Waals surface area contributed by atoms with E-state index in [1.807, 2.05) is 72.8 Å². The topological polar surface area (TPSA) is 70.9 Å². The van der Waals surface area contributed by atoms with Gasteiger partial charge in [-0.1, -0.05) is 29.3 Å². The van der Waals surface area contributed by atoms with Crippen LogP contribution in [-0.2, 0) is 4.74 Å². The maximum absolute atomic E-state index is 14.0. The van der Waals surface area contributed by atoms with Gasteiger partial charge >= 0.3 is 6.09 Å². The molecule has 0 unspecified atom stereocenters. The lowest BCUT2D eigenvalue weighted by Gasteiger charge is -2.37. The minimum atomic E-state index is -0.545. The smallest absolute Gasteiger partial charge is 0.410 e. The van der Waals surface area contributed by atoms with Crippen LogP contribution in [0.2, 0.25) is 10.0 Å². The highest BCUT2D eigenvalue weighted by Crippen LogP contribution is 2.34. The van der Waals surface area contributed by atoms with Gasteiger partial charge in [0, 0.05) is 60.9 Å². The summed E-state index contributed by atoms with van der Waals surface area (Å²) >= 11 is 12.4. The van der Waals surface area contributed by atoms with E-state index in [4.69, 9.17) is 27.9 Å². The number of carbonyl (C=O) groups is 2. The predicted molar refractivity (Wildman–Crippen MR) is 163 cm³/mol. The van der Waals surface area contributed by atoms with Gasteiger partial charge in [0.25, 0.3) is 5.91 Å². The molecule has 0 atom stereocenters. The molecule has 0 aliphatic carbocycles. The van der Waals surface area contributed by atoms with Crippen molar-refractivity contribution < 1.29 is 14.3 Å². The fraction of sp³-hybridized carbons (Fsp3) is 0.452. The van der Waals surface area contributed by atoms with Crippen LogP contribution in [0.3, 0.4) is 0 Å². The third-order valence-electron chi connectivity index (χ3n) is 7.72. The summed E-state index contributed by atoms with van der Waals surface area (Å²) in [6.07, 6.45) is 2.81. The first-order valence-corrected chi connectivity index (χ1v) is 14.9. The molecular weight excluding hydrogens is 561 g/mol. The number of anilines is 1. The highest BCUT2D eigenvalue weighted by Gasteiger charge is 2.34. The molecule has 2 saturated heterocycles. The van der Waals surface area contributed by atoms with Crippen LogP contribution in [0.15, 0.2) is 48.7 Å². The molecule has 2 aromatic carbocycles. The number of rotatable bonds is 4. The Morgan fingerprint density at radius 2 is 1.51 bits per heavy atom. The number of piperazine rings is 1. The Balaban J connectivity index is 1.36. The van der Waals surface area contributed by atoms with Gasteiger partial charge in [0.05, 0.1) is 23.1 Å². The van der Waals surface area contributed by atoms with Crippen molar-refractivity contribution in [2.45, 2.75) is 52.1 Å². The van der Waals surface area contributed by atoms with E-state index in [-0.39, 0.29) is 17.9 Å². The minimum absolute atomic E-state index is 0.0164. The van der Waals surface area contributed by atoms with Gasteiger partial charge in [-0.15, -0.1) is 0 Å². The van der Waals surface area contributed by atoms with Crippen molar-refractivity contribution in [3.8, 4) is 5.69 Å². The number of nitrogens with zero attached hydrogens (tertiary/aromatic N) is 5. The summed E-state index contributed by atoms with van der Waals surface area (Å²) < 4.78 is 7.45. The van der Waals surface area contributed by atoms with Crippen molar-refractivity contribution in [2.75, 3.05) is 44.2 Å². The lowest BCUT2D eigenvalue weighted by Crippen LogP contribution is -2.49. The van der Waals surface area contributed by atoms with E-state index < -0.39 is 5.60 Å². The van der Waals surface area contributed by atoms with E-state index >= 15 is 0 Å². The molecule has 0 spiro atoms. The van der Waals surface area contributed by atoms with Crippen molar-refractivity contribution in [3.05, 3.63) is 75.5 Å². The molecule has 2 fully saturated rings. The molecule has 3 heterocycles. The number of hydrogen-bond acceptors (Lipinski definition) is 5. The minimum Gasteiger partial charge on any atom is -0.444 e. The van der Waals surface area contributed by atoms with Crippen molar-refractivity contribution in [1.29, 1.82) is 0 Å². The molecule has 5 rings (SSSR count). The fourth-order valence-electron chi connectivity index (χ4n) is 5.61. The lowest BCUT2D eigenvalue weighted by atomic mass is 9.90. The number of ether oxygens (including phenoxy) is 1. The first-order valence-electron chi connectivity index (χ1n) is 14.1. The Bertz CT molecular complexity index is 1400. The quantitative estimate of drug-likeness (QED) is 0.340. The Kier molecular flexibility index (Phi) is 8.52. The Morgan fingerprint density at radius 1 is 0.878 bits per heavy atom. The van der Waals surface area contributed by atoms with E-state index in [1.54, 1.807) is 11.1 Å². The molecule has 0 saturated carbocycles. The van der Waals surface area contributed by atoms with Gasteiger partial charge < -0.3 is 19.4 Å². The molecule has 2 aliphatic rings. The van der Waals surface area contributed by atoms with Crippen molar-refractivity contribution in [2.24, 2.45) is 0 Å². The van der Waals surface area contributed by atoms with Crippen LogP contribution < -0.4 is 4.90 Å². The maximum Gasteiger partial charge on any atom is 0.410 e. The van der Waals surface area contributed by atoms with Gasteiger partial charge in [0.2, 0.25) is 0 Å². The van der Waals surface area contributed by atoms with Gasteiger partial charge in [-0.3, -0.25) is 4.79 Å². The molecule has 218 valence electrons. The molecule has 0 bridgehead atoms. The number of halogens is 2. The summed E-state index contributed by atoms with van der Waals surface area (Å²) in [5.74, 6) is 0.0402. The van der Waals surface area contributed by atoms with Crippen LogP contribution in [0, 0.1) is 6.92 Å². The second-order valence-electron chi connectivity index (χ2n) is 11.8. The van der Waals surface area contributed by atoms with Gasteiger partial charge in [0.1, 0.15) is 5.60 Å². The maximum atomic E-state index is 14.0. The number of aromatic nitrogens is 2. The highest BCUT2D eigenvalue weighted by atomic mass is 35.5. The van der Waals surface area contributed by atoms with Crippen LogP contribution in [0.1, 0.15) is 61.1 Å². The summed E-state index contributed by atoms with van der Waals surface area (Å²) in [4.78, 5) is 32.6. The van der Waals surface area contributed by atoms with Crippen LogP contribution >= 0.6 is 23.2 Å². The summed E-state index contributed by atoms with van der Waals surface area (Å²) in [7, 11) is 0. The molecule has 10 heteroatoms. The zero-order valence-corrected chi connectivity index (χ0v) is 25.6. The van der Waals surface area contributed by atoms with Gasteiger partial charge in [0.15, 0.2) is 0 Å². The number of aryl methyl sites for hydroxylation is 1. The zero-order chi connectivity index (χ0) is 29.3.